The number of carboxylic acid groups (broad SMARTS) is 1. The van der Waals surface area contributed by atoms with E-state index < -0.39 is 23.4 Å². The molecule has 2 rings (SSSR count). The Labute approximate surface area is 108 Å². The Morgan fingerprint density at radius 1 is 1.37 bits per heavy atom. The van der Waals surface area contributed by atoms with Gasteiger partial charge in [-0.3, -0.25) is 9.59 Å². The zero-order valence-corrected chi connectivity index (χ0v) is 9.87. The van der Waals surface area contributed by atoms with Crippen LogP contribution in [0.5, 0.6) is 0 Å². The molecule has 1 aromatic carbocycles. The summed E-state index contributed by atoms with van der Waals surface area (Å²) >= 11 is 0. The van der Waals surface area contributed by atoms with Gasteiger partial charge in [-0.2, -0.15) is 0 Å². The molecule has 100 valence electrons. The molecule has 1 aliphatic rings. The van der Waals surface area contributed by atoms with Crippen molar-refractivity contribution >= 4 is 23.5 Å². The van der Waals surface area contributed by atoms with Crippen LogP contribution in [0.25, 0.3) is 0 Å². The van der Waals surface area contributed by atoms with E-state index in [1.165, 1.54) is 24.3 Å². The van der Waals surface area contributed by atoms with Crippen LogP contribution in [0.3, 0.4) is 0 Å². The summed E-state index contributed by atoms with van der Waals surface area (Å²) < 4.78 is 0. The molecule has 0 spiro atoms. The number of nitrogens with two attached hydrogens (primary N) is 1. The van der Waals surface area contributed by atoms with Gasteiger partial charge in [-0.1, -0.05) is 6.07 Å². The minimum Gasteiger partial charge on any atom is -0.479 e. The van der Waals surface area contributed by atoms with Crippen LogP contribution in [0.15, 0.2) is 24.3 Å². The number of primary amides is 1. The van der Waals surface area contributed by atoms with Crippen molar-refractivity contribution in [2.45, 2.75) is 12.0 Å². The number of hydrogen-bond donors (Lipinski definition) is 3. The molecule has 0 saturated carbocycles. The van der Waals surface area contributed by atoms with Crippen molar-refractivity contribution < 1.29 is 24.6 Å². The van der Waals surface area contributed by atoms with Crippen LogP contribution < -0.4 is 10.6 Å². The van der Waals surface area contributed by atoms with Crippen molar-refractivity contribution in [3.8, 4) is 0 Å². The molecule has 1 unspecified atom stereocenters. The molecule has 1 aliphatic heterocycles. The molecule has 0 bridgehead atoms. The highest BCUT2D eigenvalue weighted by Gasteiger charge is 2.52. The zero-order valence-electron chi connectivity index (χ0n) is 9.87. The van der Waals surface area contributed by atoms with Gasteiger partial charge in [0.1, 0.15) is 0 Å². The van der Waals surface area contributed by atoms with E-state index >= 15 is 0 Å². The van der Waals surface area contributed by atoms with Crippen LogP contribution >= 0.6 is 0 Å². The van der Waals surface area contributed by atoms with Gasteiger partial charge in [0.2, 0.25) is 11.5 Å². The number of aliphatic hydroxyl groups is 1. The molecule has 1 heterocycles. The van der Waals surface area contributed by atoms with Gasteiger partial charge in [0.25, 0.3) is 5.91 Å². The number of anilines is 1. The van der Waals surface area contributed by atoms with Gasteiger partial charge >= 0.3 is 5.97 Å². The number of carboxylic acids is 1. The van der Waals surface area contributed by atoms with Crippen molar-refractivity contribution in [3.63, 3.8) is 0 Å². The number of nitrogens with zero attached hydrogens (tertiary/aromatic N) is 1. The number of aliphatic carboxylic acids is 1. The third kappa shape index (κ3) is 2.04. The van der Waals surface area contributed by atoms with E-state index in [9.17, 15) is 19.5 Å². The maximum Gasteiger partial charge on any atom is 0.345 e. The molecule has 1 aromatic rings. The first-order chi connectivity index (χ1) is 8.86. The lowest BCUT2D eigenvalue weighted by Gasteiger charge is -2.19. The van der Waals surface area contributed by atoms with Crippen molar-refractivity contribution in [1.82, 2.24) is 0 Å². The van der Waals surface area contributed by atoms with Crippen molar-refractivity contribution in [1.29, 1.82) is 0 Å². The SMILES string of the molecule is NC(=O)c1cccc(N2CCC(O)(C(=O)O)C2=O)c1. The van der Waals surface area contributed by atoms with Gasteiger partial charge in [-0.05, 0) is 18.2 Å². The molecule has 7 nitrogen and oxygen atoms in total. The van der Waals surface area contributed by atoms with Crippen LogP contribution in [0.4, 0.5) is 5.69 Å². The number of rotatable bonds is 3. The molecule has 19 heavy (non-hydrogen) atoms. The maximum absolute atomic E-state index is 11.9. The second kappa shape index (κ2) is 4.36. The lowest BCUT2D eigenvalue weighted by molar-refractivity contribution is -0.162. The third-order valence-electron chi connectivity index (χ3n) is 3.09. The summed E-state index contributed by atoms with van der Waals surface area (Å²) in [5.74, 6) is -3.14. The normalized spacial score (nSPS) is 22.6. The fourth-order valence-corrected chi connectivity index (χ4v) is 1.98. The smallest absolute Gasteiger partial charge is 0.345 e. The van der Waals surface area contributed by atoms with Gasteiger partial charge in [-0.15, -0.1) is 0 Å². The predicted octanol–water partition coefficient (Wildman–Crippen LogP) is -0.662. The molecule has 0 aromatic heterocycles. The first-order valence-electron chi connectivity index (χ1n) is 5.54. The highest BCUT2D eigenvalue weighted by atomic mass is 16.4. The molecule has 0 radical (unpaired) electrons. The molecule has 1 saturated heterocycles. The summed E-state index contributed by atoms with van der Waals surface area (Å²) in [6.45, 7) is 0.0594. The minimum absolute atomic E-state index is 0.0594. The fourth-order valence-electron chi connectivity index (χ4n) is 1.98. The fraction of sp³-hybridized carbons (Fsp3) is 0.250. The van der Waals surface area contributed by atoms with Crippen molar-refractivity contribution in [2.75, 3.05) is 11.4 Å². The second-order valence-electron chi connectivity index (χ2n) is 4.29. The van der Waals surface area contributed by atoms with Crippen molar-refractivity contribution in [3.05, 3.63) is 29.8 Å². The number of carbonyl (C=O) groups excluding carboxylic acids is 2. The lowest BCUT2D eigenvalue weighted by Crippen LogP contribution is -2.46. The Hall–Kier alpha value is -2.41. The van der Waals surface area contributed by atoms with E-state index in [2.05, 4.69) is 0 Å². The molecule has 7 heteroatoms. The summed E-state index contributed by atoms with van der Waals surface area (Å²) in [4.78, 5) is 35.0. The Bertz CT molecular complexity index is 571. The molecule has 4 N–H and O–H groups in total. The van der Waals surface area contributed by atoms with Gasteiger partial charge in [0, 0.05) is 24.2 Å². The van der Waals surface area contributed by atoms with E-state index in [0.717, 1.165) is 4.90 Å². The summed E-state index contributed by atoms with van der Waals surface area (Å²) in [6, 6.07) is 5.93. The summed E-state index contributed by atoms with van der Waals surface area (Å²) in [7, 11) is 0. The molecule has 1 fully saturated rings. The largest absolute Gasteiger partial charge is 0.479 e. The Balaban J connectivity index is 2.35. The van der Waals surface area contributed by atoms with Gasteiger partial charge in [-0.25, -0.2) is 4.79 Å². The quantitative estimate of drug-likeness (QED) is 0.626. The molecule has 0 aliphatic carbocycles. The average molecular weight is 264 g/mol. The zero-order chi connectivity index (χ0) is 14.2. The first kappa shape index (κ1) is 13.0. The van der Waals surface area contributed by atoms with E-state index in [4.69, 9.17) is 10.8 Å². The number of amides is 2. The summed E-state index contributed by atoms with van der Waals surface area (Å²) in [5.41, 5.74) is 3.27. The first-order valence-corrected chi connectivity index (χ1v) is 5.54. The number of hydrogen-bond acceptors (Lipinski definition) is 4. The van der Waals surface area contributed by atoms with Crippen LogP contribution in [0, 0.1) is 0 Å². The topological polar surface area (TPSA) is 121 Å². The van der Waals surface area contributed by atoms with Crippen LogP contribution in [0.2, 0.25) is 0 Å². The number of carbonyl (C=O) groups is 3. The van der Waals surface area contributed by atoms with Gasteiger partial charge < -0.3 is 20.8 Å². The highest BCUT2D eigenvalue weighted by molar-refractivity contribution is 6.14. The average Bonchev–Trinajstić information content (AvgIpc) is 2.68. The predicted molar refractivity (Wildman–Crippen MR) is 64.5 cm³/mol. The Morgan fingerprint density at radius 3 is 2.58 bits per heavy atom. The Kier molecular flexibility index (Phi) is 2.99. The minimum atomic E-state index is -2.40. The maximum atomic E-state index is 11.9. The second-order valence-corrected chi connectivity index (χ2v) is 4.29. The monoisotopic (exact) mass is 264 g/mol. The third-order valence-corrected chi connectivity index (χ3v) is 3.09. The van der Waals surface area contributed by atoms with E-state index in [0.29, 0.717) is 5.69 Å². The highest BCUT2D eigenvalue weighted by Crippen LogP contribution is 2.28. The lowest BCUT2D eigenvalue weighted by atomic mass is 10.0. The van der Waals surface area contributed by atoms with Crippen LogP contribution in [-0.4, -0.2) is 40.1 Å². The Morgan fingerprint density at radius 2 is 2.05 bits per heavy atom. The molecule has 1 atom stereocenters. The van der Waals surface area contributed by atoms with Crippen molar-refractivity contribution in [2.24, 2.45) is 5.73 Å². The van der Waals surface area contributed by atoms with E-state index in [1.54, 1.807) is 0 Å². The number of benzene rings is 1. The molecule has 2 amide bonds. The summed E-state index contributed by atoms with van der Waals surface area (Å²) in [6.07, 6.45) is -0.206. The van der Waals surface area contributed by atoms with Crippen LogP contribution in [-0.2, 0) is 9.59 Å². The standard InChI is InChI=1S/C12H12N2O5/c13-9(15)7-2-1-3-8(6-7)14-5-4-12(19,10(14)16)11(17)18/h1-3,6,19H,4-5H2,(H2,13,15)(H,17,18). The van der Waals surface area contributed by atoms with E-state index in [-0.39, 0.29) is 18.5 Å². The molecular formula is C12H12N2O5. The van der Waals surface area contributed by atoms with E-state index in [1.807, 2.05) is 0 Å². The van der Waals surface area contributed by atoms with Gasteiger partial charge in [0.15, 0.2) is 0 Å². The summed E-state index contributed by atoms with van der Waals surface area (Å²) in [5, 5.41) is 18.6. The van der Waals surface area contributed by atoms with Crippen LogP contribution in [0.1, 0.15) is 16.8 Å². The van der Waals surface area contributed by atoms with Gasteiger partial charge in [0.05, 0.1) is 0 Å². The molecular weight excluding hydrogens is 252 g/mol.